The first-order valence-corrected chi connectivity index (χ1v) is 4.61. The van der Waals surface area contributed by atoms with Gasteiger partial charge in [0.25, 0.3) is 5.91 Å². The Morgan fingerprint density at radius 2 is 2.31 bits per heavy atom. The van der Waals surface area contributed by atoms with Gasteiger partial charge >= 0.3 is 0 Å². The molecule has 0 fully saturated rings. The number of pyridine rings is 1. The number of nitrogens with zero attached hydrogens (tertiary/aromatic N) is 2. The highest BCUT2D eigenvalue weighted by molar-refractivity contribution is 6.02. The Morgan fingerprint density at radius 3 is 2.94 bits per heavy atom. The standard InChI is InChI=1S/C10H10N4O2/c1-6-4-9(16-14-6)13-10(15)8-5-7(11)2-3-12-8/h2-5H,1H3,(H2,11,12)(H,13,15). The second kappa shape index (κ2) is 4.01. The highest BCUT2D eigenvalue weighted by Crippen LogP contribution is 2.10. The minimum atomic E-state index is -0.386. The molecule has 0 aliphatic rings. The van der Waals surface area contributed by atoms with E-state index in [0.717, 1.165) is 0 Å². The average molecular weight is 218 g/mol. The molecule has 2 aromatic rings. The molecule has 0 saturated carbocycles. The molecule has 0 aliphatic heterocycles. The van der Waals surface area contributed by atoms with Crippen LogP contribution in [-0.2, 0) is 0 Å². The third-order valence-electron chi connectivity index (χ3n) is 1.88. The van der Waals surface area contributed by atoms with Crippen molar-refractivity contribution in [1.82, 2.24) is 10.1 Å². The van der Waals surface area contributed by atoms with Gasteiger partial charge in [-0.2, -0.15) is 0 Å². The molecule has 6 nitrogen and oxygen atoms in total. The first kappa shape index (κ1) is 10.2. The van der Waals surface area contributed by atoms with Crippen molar-refractivity contribution in [2.75, 3.05) is 11.1 Å². The molecule has 16 heavy (non-hydrogen) atoms. The van der Waals surface area contributed by atoms with Crippen LogP contribution in [0.4, 0.5) is 11.6 Å². The van der Waals surface area contributed by atoms with Crippen LogP contribution in [0.25, 0.3) is 0 Å². The number of nitrogens with two attached hydrogens (primary N) is 1. The predicted octanol–water partition coefficient (Wildman–Crippen LogP) is 1.21. The smallest absolute Gasteiger partial charge is 0.276 e. The molecule has 0 radical (unpaired) electrons. The molecule has 2 heterocycles. The van der Waals surface area contributed by atoms with Gasteiger partial charge in [0.15, 0.2) is 0 Å². The van der Waals surface area contributed by atoms with Gasteiger partial charge in [-0.25, -0.2) is 0 Å². The van der Waals surface area contributed by atoms with Gasteiger partial charge in [0, 0.05) is 18.0 Å². The van der Waals surface area contributed by atoms with Crippen molar-refractivity contribution in [3.63, 3.8) is 0 Å². The molecule has 0 spiro atoms. The second-order valence-electron chi connectivity index (χ2n) is 3.26. The van der Waals surface area contributed by atoms with E-state index in [1.165, 1.54) is 12.3 Å². The van der Waals surface area contributed by atoms with E-state index in [-0.39, 0.29) is 17.5 Å². The molecule has 2 rings (SSSR count). The third kappa shape index (κ3) is 2.17. The summed E-state index contributed by atoms with van der Waals surface area (Å²) in [5.74, 6) is -0.102. The van der Waals surface area contributed by atoms with Crippen LogP contribution in [0.5, 0.6) is 0 Å². The van der Waals surface area contributed by atoms with Gasteiger partial charge in [0.2, 0.25) is 5.88 Å². The molecule has 1 amide bonds. The summed E-state index contributed by atoms with van der Waals surface area (Å²) >= 11 is 0. The van der Waals surface area contributed by atoms with Crippen LogP contribution >= 0.6 is 0 Å². The Morgan fingerprint density at radius 1 is 1.50 bits per heavy atom. The fourth-order valence-electron chi connectivity index (χ4n) is 1.17. The molecule has 0 bridgehead atoms. The van der Waals surface area contributed by atoms with Crippen LogP contribution in [0.2, 0.25) is 0 Å². The average Bonchev–Trinajstić information content (AvgIpc) is 2.64. The third-order valence-corrected chi connectivity index (χ3v) is 1.88. The summed E-state index contributed by atoms with van der Waals surface area (Å²) in [6.07, 6.45) is 1.47. The van der Waals surface area contributed by atoms with E-state index < -0.39 is 0 Å². The quantitative estimate of drug-likeness (QED) is 0.790. The predicted molar refractivity (Wildman–Crippen MR) is 57.8 cm³/mol. The summed E-state index contributed by atoms with van der Waals surface area (Å²) in [6.45, 7) is 1.76. The fraction of sp³-hybridized carbons (Fsp3) is 0.100. The van der Waals surface area contributed by atoms with Crippen LogP contribution in [0, 0.1) is 6.92 Å². The molecule has 2 aromatic heterocycles. The zero-order chi connectivity index (χ0) is 11.5. The molecule has 0 unspecified atom stereocenters. The van der Waals surface area contributed by atoms with Crippen molar-refractivity contribution in [2.24, 2.45) is 0 Å². The number of hydrogen-bond donors (Lipinski definition) is 2. The minimum absolute atomic E-state index is 0.231. The summed E-state index contributed by atoms with van der Waals surface area (Å²) in [4.78, 5) is 15.5. The highest BCUT2D eigenvalue weighted by Gasteiger charge is 2.10. The topological polar surface area (TPSA) is 94.0 Å². The second-order valence-corrected chi connectivity index (χ2v) is 3.26. The van der Waals surface area contributed by atoms with E-state index in [1.807, 2.05) is 0 Å². The number of aryl methyl sites for hydroxylation is 1. The van der Waals surface area contributed by atoms with Gasteiger partial charge in [-0.15, -0.1) is 0 Å². The lowest BCUT2D eigenvalue weighted by atomic mass is 10.3. The van der Waals surface area contributed by atoms with Crippen molar-refractivity contribution in [3.05, 3.63) is 35.8 Å². The monoisotopic (exact) mass is 218 g/mol. The van der Waals surface area contributed by atoms with Crippen LogP contribution in [0.15, 0.2) is 28.9 Å². The Labute approximate surface area is 91.5 Å². The lowest BCUT2D eigenvalue weighted by Gasteiger charge is -2.00. The van der Waals surface area contributed by atoms with Gasteiger partial charge in [-0.05, 0) is 19.1 Å². The van der Waals surface area contributed by atoms with Crippen LogP contribution in [0.3, 0.4) is 0 Å². The zero-order valence-corrected chi connectivity index (χ0v) is 8.60. The maximum Gasteiger partial charge on any atom is 0.276 e. The Balaban J connectivity index is 2.14. The zero-order valence-electron chi connectivity index (χ0n) is 8.60. The molecule has 0 aliphatic carbocycles. The van der Waals surface area contributed by atoms with E-state index in [1.54, 1.807) is 19.1 Å². The summed E-state index contributed by atoms with van der Waals surface area (Å²) in [5, 5.41) is 6.17. The molecule has 0 aromatic carbocycles. The Bertz CT molecular complexity index is 521. The molecular formula is C10H10N4O2. The molecule has 6 heteroatoms. The fourth-order valence-corrected chi connectivity index (χ4v) is 1.17. The number of carbonyl (C=O) groups excluding carboxylic acids is 1. The summed E-state index contributed by atoms with van der Waals surface area (Å²) in [6, 6.07) is 4.71. The number of anilines is 2. The van der Waals surface area contributed by atoms with Crippen molar-refractivity contribution in [1.29, 1.82) is 0 Å². The molecule has 82 valence electrons. The lowest BCUT2D eigenvalue weighted by molar-refractivity contribution is 0.101. The van der Waals surface area contributed by atoms with Crippen molar-refractivity contribution >= 4 is 17.5 Å². The van der Waals surface area contributed by atoms with E-state index in [4.69, 9.17) is 10.3 Å². The lowest BCUT2D eigenvalue weighted by Crippen LogP contribution is -2.13. The van der Waals surface area contributed by atoms with Crippen LogP contribution in [-0.4, -0.2) is 16.0 Å². The highest BCUT2D eigenvalue weighted by atomic mass is 16.5. The number of hydrogen-bond acceptors (Lipinski definition) is 5. The van der Waals surface area contributed by atoms with Crippen molar-refractivity contribution in [2.45, 2.75) is 6.92 Å². The van der Waals surface area contributed by atoms with Crippen molar-refractivity contribution in [3.8, 4) is 0 Å². The van der Waals surface area contributed by atoms with Crippen molar-refractivity contribution < 1.29 is 9.32 Å². The van der Waals surface area contributed by atoms with Gasteiger partial charge in [0.1, 0.15) is 5.69 Å². The Kier molecular flexibility index (Phi) is 2.55. The van der Waals surface area contributed by atoms with Gasteiger partial charge in [-0.3, -0.25) is 15.1 Å². The van der Waals surface area contributed by atoms with E-state index in [2.05, 4.69) is 15.5 Å². The number of rotatable bonds is 2. The summed E-state index contributed by atoms with van der Waals surface area (Å²) < 4.78 is 4.85. The van der Waals surface area contributed by atoms with Crippen LogP contribution in [0.1, 0.15) is 16.2 Å². The summed E-state index contributed by atoms with van der Waals surface area (Å²) in [5.41, 5.74) is 6.94. The summed E-state index contributed by atoms with van der Waals surface area (Å²) in [7, 11) is 0. The Hall–Kier alpha value is -2.37. The molecule has 0 saturated heterocycles. The molecule has 0 atom stereocenters. The normalized spacial score (nSPS) is 10.1. The van der Waals surface area contributed by atoms with E-state index in [0.29, 0.717) is 11.4 Å². The first-order chi connectivity index (χ1) is 7.65. The maximum atomic E-state index is 11.7. The largest absolute Gasteiger partial charge is 0.399 e. The maximum absolute atomic E-state index is 11.7. The van der Waals surface area contributed by atoms with E-state index >= 15 is 0 Å². The van der Waals surface area contributed by atoms with Crippen LogP contribution < -0.4 is 11.1 Å². The van der Waals surface area contributed by atoms with E-state index in [9.17, 15) is 4.79 Å². The first-order valence-electron chi connectivity index (χ1n) is 4.61. The SMILES string of the molecule is Cc1cc(NC(=O)c2cc(N)ccn2)on1. The number of aromatic nitrogens is 2. The van der Waals surface area contributed by atoms with Gasteiger partial charge < -0.3 is 10.3 Å². The number of carbonyl (C=O) groups is 1. The minimum Gasteiger partial charge on any atom is -0.399 e. The number of nitrogens with one attached hydrogen (secondary N) is 1. The molecule has 3 N–H and O–H groups in total. The number of nitrogen functional groups attached to an aromatic ring is 1. The number of amides is 1. The van der Waals surface area contributed by atoms with Gasteiger partial charge in [0.05, 0.1) is 5.69 Å². The molecular weight excluding hydrogens is 208 g/mol. The van der Waals surface area contributed by atoms with Gasteiger partial charge in [-0.1, -0.05) is 5.16 Å².